The minimum atomic E-state index is -1.23. The second kappa shape index (κ2) is 10.4. The molecule has 4 amide bonds. The minimum absolute atomic E-state index is 0.0280. The van der Waals surface area contributed by atoms with Crippen molar-refractivity contribution in [2.24, 2.45) is 0 Å². The molecular formula is C25H25N3O7. The summed E-state index contributed by atoms with van der Waals surface area (Å²) >= 11 is 0. The Balaban J connectivity index is 1.40. The van der Waals surface area contributed by atoms with Crippen molar-refractivity contribution in [2.45, 2.75) is 43.7 Å². The fourth-order valence-corrected chi connectivity index (χ4v) is 4.42. The Kier molecular flexibility index (Phi) is 7.09. The summed E-state index contributed by atoms with van der Waals surface area (Å²) < 4.78 is 5.45. The number of nitrogens with one attached hydrogen (secondary N) is 3. The molecule has 182 valence electrons. The Labute approximate surface area is 201 Å². The van der Waals surface area contributed by atoms with Gasteiger partial charge in [-0.1, -0.05) is 48.5 Å². The molecule has 1 fully saturated rings. The van der Waals surface area contributed by atoms with Crippen molar-refractivity contribution in [3.05, 3.63) is 59.7 Å². The highest BCUT2D eigenvalue weighted by Gasteiger charge is 2.32. The second-order valence-electron chi connectivity index (χ2n) is 8.47. The number of alkyl carbamates (subject to hydrolysis) is 1. The lowest BCUT2D eigenvalue weighted by molar-refractivity contribution is -0.139. The number of hydrogen-bond acceptors (Lipinski definition) is 6. The molecule has 1 aliphatic heterocycles. The van der Waals surface area contributed by atoms with Crippen molar-refractivity contribution in [3.8, 4) is 11.1 Å². The van der Waals surface area contributed by atoms with E-state index in [4.69, 9.17) is 9.84 Å². The van der Waals surface area contributed by atoms with Gasteiger partial charge in [0, 0.05) is 18.8 Å². The average Bonchev–Trinajstić information content (AvgIpc) is 3.15. The van der Waals surface area contributed by atoms with Crippen molar-refractivity contribution < 1.29 is 33.8 Å². The molecule has 2 aromatic carbocycles. The van der Waals surface area contributed by atoms with E-state index in [9.17, 15) is 24.0 Å². The average molecular weight is 479 g/mol. The molecule has 10 heteroatoms. The molecule has 0 saturated carbocycles. The van der Waals surface area contributed by atoms with Gasteiger partial charge in [0.05, 0.1) is 0 Å². The van der Waals surface area contributed by atoms with Crippen molar-refractivity contribution >= 4 is 29.8 Å². The van der Waals surface area contributed by atoms with Crippen molar-refractivity contribution in [1.29, 1.82) is 0 Å². The van der Waals surface area contributed by atoms with Crippen LogP contribution in [0.25, 0.3) is 11.1 Å². The van der Waals surface area contributed by atoms with Crippen molar-refractivity contribution in [2.75, 3.05) is 6.61 Å². The Morgan fingerprint density at radius 1 is 1.03 bits per heavy atom. The number of carbonyl (C=O) groups is 5. The number of carbonyl (C=O) groups excluding carboxylic acids is 4. The molecule has 2 aromatic rings. The van der Waals surface area contributed by atoms with E-state index in [1.807, 2.05) is 48.5 Å². The molecule has 1 heterocycles. The first-order valence-corrected chi connectivity index (χ1v) is 11.3. The number of carboxylic acids is 1. The van der Waals surface area contributed by atoms with Gasteiger partial charge >= 0.3 is 12.1 Å². The standard InChI is InChI=1S/C25H25N3O7/c29-21-11-9-19(24(33)28-21)26-23(32)20(10-12-22(30)31)27-25(34)35-13-18-16-7-3-1-5-14(16)15-6-2-4-8-17(15)18/h1-8,18-20H,9-13H2,(H,26,32)(H,27,34)(H,30,31)(H,28,29,33). The summed E-state index contributed by atoms with van der Waals surface area (Å²) in [5.41, 5.74) is 4.19. The lowest BCUT2D eigenvalue weighted by atomic mass is 9.98. The molecule has 1 saturated heterocycles. The molecular weight excluding hydrogens is 454 g/mol. The summed E-state index contributed by atoms with van der Waals surface area (Å²) in [6.07, 6.45) is -1.26. The fourth-order valence-electron chi connectivity index (χ4n) is 4.42. The van der Waals surface area contributed by atoms with Gasteiger partial charge in [-0.05, 0) is 35.1 Å². The number of benzene rings is 2. The monoisotopic (exact) mass is 479 g/mol. The Bertz CT molecular complexity index is 1130. The van der Waals surface area contributed by atoms with Gasteiger partial charge in [-0.2, -0.15) is 0 Å². The van der Waals surface area contributed by atoms with Crippen molar-refractivity contribution in [3.63, 3.8) is 0 Å². The van der Waals surface area contributed by atoms with Crippen LogP contribution in [-0.2, 0) is 23.9 Å². The third kappa shape index (κ3) is 5.48. The van der Waals surface area contributed by atoms with Crippen LogP contribution >= 0.6 is 0 Å². The number of fused-ring (bicyclic) bond motifs is 3. The predicted molar refractivity (Wildman–Crippen MR) is 123 cm³/mol. The molecule has 10 nitrogen and oxygen atoms in total. The molecule has 1 aliphatic carbocycles. The van der Waals surface area contributed by atoms with E-state index in [1.54, 1.807) is 0 Å². The van der Waals surface area contributed by atoms with E-state index in [0.29, 0.717) is 0 Å². The van der Waals surface area contributed by atoms with Crippen LogP contribution < -0.4 is 16.0 Å². The molecule has 35 heavy (non-hydrogen) atoms. The van der Waals surface area contributed by atoms with Gasteiger partial charge in [0.25, 0.3) is 0 Å². The van der Waals surface area contributed by atoms with Gasteiger partial charge in [0.2, 0.25) is 17.7 Å². The van der Waals surface area contributed by atoms with E-state index < -0.39 is 41.9 Å². The molecule has 0 radical (unpaired) electrons. The minimum Gasteiger partial charge on any atom is -0.481 e. The maximum absolute atomic E-state index is 12.7. The zero-order valence-corrected chi connectivity index (χ0v) is 18.8. The summed E-state index contributed by atoms with van der Waals surface area (Å²) in [5.74, 6) is -3.12. The van der Waals surface area contributed by atoms with E-state index in [1.165, 1.54) is 0 Å². The normalized spacial score (nSPS) is 17.5. The first-order valence-electron chi connectivity index (χ1n) is 11.3. The third-order valence-corrected chi connectivity index (χ3v) is 6.15. The number of hydrogen-bond donors (Lipinski definition) is 4. The van der Waals surface area contributed by atoms with Crippen LogP contribution in [0.2, 0.25) is 0 Å². The Hall–Kier alpha value is -4.21. The lowest BCUT2D eigenvalue weighted by Crippen LogP contribution is -2.56. The number of carboxylic acid groups (broad SMARTS) is 1. The second-order valence-corrected chi connectivity index (χ2v) is 8.47. The number of amides is 4. The highest BCUT2D eigenvalue weighted by atomic mass is 16.5. The van der Waals surface area contributed by atoms with Gasteiger partial charge in [-0.25, -0.2) is 4.79 Å². The molecule has 0 spiro atoms. The lowest BCUT2D eigenvalue weighted by Gasteiger charge is -2.25. The van der Waals surface area contributed by atoms with E-state index in [-0.39, 0.29) is 38.2 Å². The van der Waals surface area contributed by atoms with E-state index >= 15 is 0 Å². The van der Waals surface area contributed by atoms with Gasteiger partial charge in [-0.3, -0.25) is 24.5 Å². The van der Waals surface area contributed by atoms with Gasteiger partial charge < -0.3 is 20.5 Å². The number of aliphatic carboxylic acids is 1. The molecule has 4 rings (SSSR count). The summed E-state index contributed by atoms with van der Waals surface area (Å²) in [7, 11) is 0. The Morgan fingerprint density at radius 2 is 1.66 bits per heavy atom. The van der Waals surface area contributed by atoms with Gasteiger partial charge in [-0.15, -0.1) is 0 Å². The fraction of sp³-hybridized carbons (Fsp3) is 0.320. The third-order valence-electron chi connectivity index (χ3n) is 6.15. The van der Waals surface area contributed by atoms with Gasteiger partial charge in [0.1, 0.15) is 18.7 Å². The molecule has 2 unspecified atom stereocenters. The molecule has 2 aliphatic rings. The Morgan fingerprint density at radius 3 is 2.26 bits per heavy atom. The molecule has 2 atom stereocenters. The zero-order chi connectivity index (χ0) is 24.9. The molecule has 0 bridgehead atoms. The number of piperidine rings is 1. The summed E-state index contributed by atoms with van der Waals surface area (Å²) in [6, 6.07) is 13.5. The van der Waals surface area contributed by atoms with Crippen LogP contribution in [0.1, 0.15) is 42.7 Å². The first-order chi connectivity index (χ1) is 16.8. The van der Waals surface area contributed by atoms with Crippen LogP contribution in [0.5, 0.6) is 0 Å². The molecule has 4 N–H and O–H groups in total. The maximum Gasteiger partial charge on any atom is 0.407 e. The van der Waals surface area contributed by atoms with Crippen LogP contribution in [0.4, 0.5) is 4.79 Å². The first kappa shape index (κ1) is 23.9. The predicted octanol–water partition coefficient (Wildman–Crippen LogP) is 1.68. The summed E-state index contributed by atoms with van der Waals surface area (Å²) in [6.45, 7) is 0.0280. The largest absolute Gasteiger partial charge is 0.481 e. The topological polar surface area (TPSA) is 151 Å². The van der Waals surface area contributed by atoms with E-state index in [0.717, 1.165) is 22.3 Å². The smallest absolute Gasteiger partial charge is 0.407 e. The SMILES string of the molecule is O=C(O)CCC(NC(=O)OCC1c2ccccc2-c2ccccc21)C(=O)NC1CCC(=O)NC1=O. The van der Waals surface area contributed by atoms with Crippen LogP contribution in [0.3, 0.4) is 0 Å². The summed E-state index contributed by atoms with van der Waals surface area (Å²) in [4.78, 5) is 59.6. The highest BCUT2D eigenvalue weighted by molar-refractivity contribution is 6.02. The van der Waals surface area contributed by atoms with Crippen molar-refractivity contribution in [1.82, 2.24) is 16.0 Å². The summed E-state index contributed by atoms with van der Waals surface area (Å²) in [5, 5.41) is 16.1. The number of imide groups is 1. The highest BCUT2D eigenvalue weighted by Crippen LogP contribution is 2.44. The molecule has 0 aromatic heterocycles. The van der Waals surface area contributed by atoms with Crippen LogP contribution in [-0.4, -0.2) is 53.6 Å². The zero-order valence-electron chi connectivity index (χ0n) is 18.8. The quantitative estimate of drug-likeness (QED) is 0.421. The van der Waals surface area contributed by atoms with E-state index in [2.05, 4.69) is 16.0 Å². The number of rotatable bonds is 8. The van der Waals surface area contributed by atoms with Crippen LogP contribution in [0.15, 0.2) is 48.5 Å². The number of ether oxygens (including phenoxy) is 1. The van der Waals surface area contributed by atoms with Gasteiger partial charge in [0.15, 0.2) is 0 Å². The maximum atomic E-state index is 12.7. The van der Waals surface area contributed by atoms with Crippen LogP contribution in [0, 0.1) is 0 Å².